The third-order valence-electron chi connectivity index (χ3n) is 6.11. The number of benzene rings is 1. The van der Waals surface area contributed by atoms with Crippen LogP contribution in [0.2, 0.25) is 0 Å². The molecule has 28 heavy (non-hydrogen) atoms. The molecule has 0 bridgehead atoms. The van der Waals surface area contributed by atoms with Gasteiger partial charge in [0.2, 0.25) is 5.52 Å². The molecule has 2 aliphatic rings. The fourth-order valence-electron chi connectivity index (χ4n) is 4.22. The number of nitrogens with zero attached hydrogens (tertiary/aromatic N) is 7. The number of hydrogen-bond donors (Lipinski definition) is 0. The number of hydrogen-bond acceptors (Lipinski definition) is 9. The van der Waals surface area contributed by atoms with E-state index < -0.39 is 0 Å². The quantitative estimate of drug-likeness (QED) is 0.568. The molecule has 0 atom stereocenters. The lowest BCUT2D eigenvalue weighted by molar-refractivity contribution is -0.382. The Kier molecular flexibility index (Phi) is 5.07. The molecule has 0 radical (unpaired) electrons. The summed E-state index contributed by atoms with van der Waals surface area (Å²) in [4.78, 5) is 20.4. The van der Waals surface area contributed by atoms with Crippen molar-refractivity contribution in [1.82, 2.24) is 20.1 Å². The van der Waals surface area contributed by atoms with Gasteiger partial charge in [-0.05, 0) is 56.4 Å². The van der Waals surface area contributed by atoms with Crippen molar-refractivity contribution in [3.63, 3.8) is 0 Å². The Morgan fingerprint density at radius 3 is 2.32 bits per heavy atom. The topological polar surface area (TPSA) is 95.0 Å². The lowest BCUT2D eigenvalue weighted by Gasteiger charge is -2.37. The number of piperidine rings is 1. The molecule has 2 fully saturated rings. The second kappa shape index (κ2) is 7.51. The summed E-state index contributed by atoms with van der Waals surface area (Å²) < 4.78 is 4.94. The smallest absolute Gasteiger partial charge is 0.323 e. The summed E-state index contributed by atoms with van der Waals surface area (Å²) in [6, 6.07) is 2.27. The second-order valence-electron chi connectivity index (χ2n) is 7.92. The van der Waals surface area contributed by atoms with Crippen LogP contribution in [0.25, 0.3) is 11.0 Å². The summed E-state index contributed by atoms with van der Waals surface area (Å²) in [5.74, 6) is 0. The Labute approximate surface area is 163 Å². The highest BCUT2D eigenvalue weighted by Crippen LogP contribution is 2.41. The molecule has 0 saturated carbocycles. The third kappa shape index (κ3) is 3.37. The Morgan fingerprint density at radius 2 is 1.68 bits per heavy atom. The van der Waals surface area contributed by atoms with Crippen molar-refractivity contribution in [3.05, 3.63) is 16.2 Å². The number of likely N-dealkylation sites (tertiary alicyclic amines) is 1. The Balaban J connectivity index is 1.77. The first-order valence-electron chi connectivity index (χ1n) is 9.74. The number of rotatable bonds is 4. The molecule has 3 heterocycles. The van der Waals surface area contributed by atoms with Crippen molar-refractivity contribution in [3.8, 4) is 0 Å². The molecule has 0 aliphatic carbocycles. The molecule has 0 amide bonds. The zero-order valence-corrected chi connectivity index (χ0v) is 16.7. The first-order valence-corrected chi connectivity index (χ1v) is 9.74. The normalized spacial score (nSPS) is 20.0. The fraction of sp³-hybridized carbons (Fsp3) is 0.667. The molecule has 1 aromatic carbocycles. The zero-order valence-electron chi connectivity index (χ0n) is 16.7. The van der Waals surface area contributed by atoms with Gasteiger partial charge >= 0.3 is 5.69 Å². The summed E-state index contributed by atoms with van der Waals surface area (Å²) in [5, 5.41) is 19.8. The minimum atomic E-state index is -0.362. The number of likely N-dealkylation sites (N-methyl/N-ethyl adjacent to an activating group) is 1. The van der Waals surface area contributed by atoms with Crippen LogP contribution in [0.15, 0.2) is 10.7 Å². The van der Waals surface area contributed by atoms with Crippen LogP contribution >= 0.6 is 0 Å². The number of fused-ring (bicyclic) bond motifs is 1. The first-order chi connectivity index (χ1) is 13.5. The van der Waals surface area contributed by atoms with Gasteiger partial charge in [-0.1, -0.05) is 0 Å². The Bertz CT molecular complexity index is 854. The van der Waals surface area contributed by atoms with Crippen LogP contribution < -0.4 is 9.80 Å². The molecule has 2 aromatic rings. The van der Waals surface area contributed by atoms with E-state index in [1.54, 1.807) is 0 Å². The summed E-state index contributed by atoms with van der Waals surface area (Å²) >= 11 is 0. The maximum Gasteiger partial charge on any atom is 0.323 e. The number of piperazine rings is 1. The minimum absolute atomic E-state index is 0.0127. The predicted octanol–water partition coefficient (Wildman–Crippen LogP) is 1.41. The number of nitro benzene ring substituents is 1. The van der Waals surface area contributed by atoms with Crippen LogP contribution in [0.1, 0.15) is 12.8 Å². The number of aromatic nitrogens is 2. The SMILES string of the molecule is CN1CCC(N(C)c2cc(N3CCN(C)CC3)c([N+](=O)[O-])c3nonc23)CC1. The molecular formula is C18H27N7O3. The van der Waals surface area contributed by atoms with Crippen molar-refractivity contribution in [2.24, 2.45) is 0 Å². The second-order valence-corrected chi connectivity index (χ2v) is 7.92. The molecule has 4 rings (SSSR count). The van der Waals surface area contributed by atoms with Gasteiger partial charge < -0.3 is 19.6 Å². The average Bonchev–Trinajstić information content (AvgIpc) is 3.16. The highest BCUT2D eigenvalue weighted by atomic mass is 16.6. The molecule has 0 N–H and O–H groups in total. The van der Waals surface area contributed by atoms with Crippen LogP contribution in [0, 0.1) is 10.1 Å². The fourth-order valence-corrected chi connectivity index (χ4v) is 4.22. The monoisotopic (exact) mass is 389 g/mol. The summed E-state index contributed by atoms with van der Waals surface area (Å²) in [5.41, 5.74) is 2.14. The van der Waals surface area contributed by atoms with Crippen LogP contribution in [-0.2, 0) is 0 Å². The zero-order chi connectivity index (χ0) is 19.8. The molecule has 2 aliphatic heterocycles. The molecule has 10 heteroatoms. The van der Waals surface area contributed by atoms with Crippen molar-refractivity contribution >= 4 is 28.1 Å². The van der Waals surface area contributed by atoms with E-state index in [0.29, 0.717) is 17.2 Å². The maximum atomic E-state index is 11.9. The van der Waals surface area contributed by atoms with Gasteiger partial charge in [-0.2, -0.15) is 0 Å². The van der Waals surface area contributed by atoms with Crippen LogP contribution in [0.3, 0.4) is 0 Å². The van der Waals surface area contributed by atoms with Crippen LogP contribution in [-0.4, -0.2) is 91.5 Å². The van der Waals surface area contributed by atoms with E-state index in [9.17, 15) is 10.1 Å². The van der Waals surface area contributed by atoms with E-state index in [1.165, 1.54) is 0 Å². The molecular weight excluding hydrogens is 362 g/mol. The summed E-state index contributed by atoms with van der Waals surface area (Å²) in [7, 11) is 6.24. The highest BCUT2D eigenvalue weighted by Gasteiger charge is 2.32. The lowest BCUT2D eigenvalue weighted by atomic mass is 10.0. The van der Waals surface area contributed by atoms with Crippen molar-refractivity contribution in [1.29, 1.82) is 0 Å². The van der Waals surface area contributed by atoms with E-state index in [-0.39, 0.29) is 16.1 Å². The first kappa shape index (κ1) is 18.9. The van der Waals surface area contributed by atoms with Gasteiger partial charge in [0.15, 0.2) is 5.52 Å². The van der Waals surface area contributed by atoms with Gasteiger partial charge in [0, 0.05) is 39.3 Å². The Morgan fingerprint density at radius 1 is 1.07 bits per heavy atom. The summed E-state index contributed by atoms with van der Waals surface area (Å²) in [6.45, 7) is 5.29. The largest absolute Gasteiger partial charge is 0.370 e. The van der Waals surface area contributed by atoms with E-state index in [0.717, 1.165) is 57.8 Å². The Hall–Kier alpha value is -2.46. The predicted molar refractivity (Wildman–Crippen MR) is 107 cm³/mol. The minimum Gasteiger partial charge on any atom is -0.370 e. The van der Waals surface area contributed by atoms with Crippen molar-refractivity contribution in [2.75, 3.05) is 70.2 Å². The lowest BCUT2D eigenvalue weighted by Crippen LogP contribution is -2.45. The average molecular weight is 389 g/mol. The standard InChI is InChI=1S/C18H27N7O3/c1-21-6-4-13(5-7-21)23(3)14-12-15(24-10-8-22(2)9-11-24)18(25(26)27)17-16(14)19-28-20-17/h12-13H,4-11H2,1-3H3. The van der Waals surface area contributed by atoms with Crippen LogP contribution in [0.5, 0.6) is 0 Å². The molecule has 152 valence electrons. The van der Waals surface area contributed by atoms with E-state index in [1.807, 2.05) is 13.1 Å². The van der Waals surface area contributed by atoms with Gasteiger partial charge in [-0.15, -0.1) is 0 Å². The molecule has 1 aromatic heterocycles. The third-order valence-corrected chi connectivity index (χ3v) is 6.11. The molecule has 2 saturated heterocycles. The van der Waals surface area contributed by atoms with Crippen molar-refractivity contribution < 1.29 is 9.55 Å². The molecule has 0 unspecified atom stereocenters. The number of anilines is 2. The van der Waals surface area contributed by atoms with Crippen LogP contribution in [0.4, 0.5) is 17.1 Å². The summed E-state index contributed by atoms with van der Waals surface area (Å²) in [6.07, 6.45) is 2.08. The van der Waals surface area contributed by atoms with Gasteiger partial charge in [-0.3, -0.25) is 10.1 Å². The van der Waals surface area contributed by atoms with Gasteiger partial charge in [0.25, 0.3) is 0 Å². The molecule has 0 spiro atoms. The van der Waals surface area contributed by atoms with E-state index in [4.69, 9.17) is 4.63 Å². The van der Waals surface area contributed by atoms with E-state index >= 15 is 0 Å². The highest BCUT2D eigenvalue weighted by molar-refractivity contribution is 6.00. The maximum absolute atomic E-state index is 11.9. The van der Waals surface area contributed by atoms with Gasteiger partial charge in [-0.25, -0.2) is 4.63 Å². The molecule has 10 nitrogen and oxygen atoms in total. The van der Waals surface area contributed by atoms with Gasteiger partial charge in [0.05, 0.1) is 10.6 Å². The number of nitro groups is 1. The van der Waals surface area contributed by atoms with Crippen molar-refractivity contribution in [2.45, 2.75) is 18.9 Å². The van der Waals surface area contributed by atoms with E-state index in [2.05, 4.69) is 44.0 Å². The van der Waals surface area contributed by atoms with Gasteiger partial charge in [0.1, 0.15) is 5.69 Å².